The van der Waals surface area contributed by atoms with E-state index in [9.17, 15) is 5.11 Å². The van der Waals surface area contributed by atoms with Gasteiger partial charge in [-0.25, -0.2) is 0 Å². The lowest BCUT2D eigenvalue weighted by molar-refractivity contribution is -0.267. The van der Waals surface area contributed by atoms with Crippen LogP contribution in [0.2, 0.25) is 109 Å². The topological polar surface area (TPSA) is 113 Å². The number of hydrogen-bond acceptors (Lipinski definition) is 11. The van der Waals surface area contributed by atoms with Crippen molar-refractivity contribution in [2.75, 3.05) is 6.61 Å². The third-order valence-corrected chi connectivity index (χ3v) is 48.9. The molecule has 0 aromatic heterocycles. The van der Waals surface area contributed by atoms with Crippen molar-refractivity contribution in [3.63, 3.8) is 0 Å². The summed E-state index contributed by atoms with van der Waals surface area (Å²) in [5, 5.41) is 10.0. The Morgan fingerprint density at radius 1 is 0.415 bits per heavy atom. The van der Waals surface area contributed by atoms with Crippen LogP contribution in [0.25, 0.3) is 0 Å². The van der Waals surface area contributed by atoms with Gasteiger partial charge in [0.25, 0.3) is 0 Å². The summed E-state index contributed by atoms with van der Waals surface area (Å²) in [5.41, 5.74) is 0. The van der Waals surface area contributed by atoms with Crippen LogP contribution in [0.3, 0.4) is 0 Å². The van der Waals surface area contributed by atoms with Crippen molar-refractivity contribution in [1.29, 1.82) is 0 Å². The molecule has 0 bridgehead atoms. The fourth-order valence-corrected chi connectivity index (χ4v) is 18.1. The Hall–Kier alpha value is 1.80. The molecule has 484 valence electrons. The van der Waals surface area contributed by atoms with Gasteiger partial charge in [-0.3, -0.25) is 0 Å². The van der Waals surface area contributed by atoms with Crippen molar-refractivity contribution >= 4 is 95.1 Å². The fourth-order valence-electron chi connectivity index (χ4n) is 9.59. The fraction of sp³-hybridized carbons (Fsp3) is 0.937. The van der Waals surface area contributed by atoms with Crippen LogP contribution < -0.4 is 0 Å². The van der Waals surface area contributed by atoms with E-state index in [1.165, 1.54) is 0 Å². The first-order chi connectivity index (χ1) is 36.8. The maximum absolute atomic E-state index is 9.74. The van der Waals surface area contributed by atoms with E-state index >= 15 is 0 Å². The van der Waals surface area contributed by atoms with E-state index < -0.39 is 49.9 Å². The van der Waals surface area contributed by atoms with Crippen LogP contribution in [0.1, 0.15) is 176 Å². The molecule has 0 spiro atoms. The highest BCUT2D eigenvalue weighted by Gasteiger charge is 2.60. The minimum Gasteiger partial charge on any atom is -0.408 e. The molecule has 4 rings (SSSR count). The molecule has 0 amide bonds. The molecule has 0 aliphatic carbocycles. The molecule has 4 saturated heterocycles. The predicted octanol–water partition coefficient (Wildman–Crippen LogP) is 19.0. The van der Waals surface area contributed by atoms with Gasteiger partial charge in [-0.2, -0.15) is 0 Å². The first kappa shape index (κ1) is 78.0. The van der Waals surface area contributed by atoms with Gasteiger partial charge in [-0.1, -0.05) is 183 Å². The van der Waals surface area contributed by atoms with Crippen LogP contribution in [0, 0.1) is 0 Å². The maximum atomic E-state index is 9.74. The van der Waals surface area contributed by atoms with Gasteiger partial charge in [0.1, 0.15) is 48.8 Å². The van der Waals surface area contributed by atoms with E-state index in [0.29, 0.717) is 6.42 Å². The highest BCUT2D eigenvalue weighted by Crippen LogP contribution is 2.50. The lowest BCUT2D eigenvalue weighted by Crippen LogP contribution is -2.69. The lowest BCUT2D eigenvalue weighted by atomic mass is 9.87. The molecule has 14 atom stereocenters. The van der Waals surface area contributed by atoms with Gasteiger partial charge in [0.15, 0.2) is 49.9 Å². The van der Waals surface area contributed by atoms with Crippen molar-refractivity contribution in [2.24, 2.45) is 0 Å². The summed E-state index contributed by atoms with van der Waals surface area (Å²) in [5.74, 6) is 0. The standard InChI is InChI=1S/C32H65IO5Si3.C31H63IO6Si3/c1-17-18-23-19-20-24-26(34-23)28(37-40(13,14)31(5,6)7)29(38-41(15,16)32(8,9)10)27(35-24)25(21-22-33)36-39(11,12)30(2,3)4;1-29(2,3)39(10,11)36-24(18-20-32)26-28(38-41(14,15)31(7,8)9)27(37-40(12,13)30(4,5)6)25-23(35-26)17-16-22(34-25)19-21-33/h21-29H,17-20H2,1-16H3;18,20,22-28,33H,16-17,19,21H2,1-15H3/b22-21+;20-18+/t23-,24-,25-,26-,27?,28-,29+;22-,23+,24+,25+,26?,27+,28-/m01/s1. The number of hydrogen-bond donors (Lipinski definition) is 1. The Balaban J connectivity index is 0.000000430. The zero-order valence-electron chi connectivity index (χ0n) is 58.3. The maximum Gasteiger partial charge on any atom is 0.193 e. The van der Waals surface area contributed by atoms with Crippen LogP contribution in [0.4, 0.5) is 0 Å². The van der Waals surface area contributed by atoms with Crippen molar-refractivity contribution in [3.05, 3.63) is 20.3 Å². The molecule has 4 fully saturated rings. The van der Waals surface area contributed by atoms with Crippen LogP contribution in [0.15, 0.2) is 20.3 Å². The van der Waals surface area contributed by atoms with Crippen molar-refractivity contribution in [1.82, 2.24) is 0 Å². The van der Waals surface area contributed by atoms with Crippen LogP contribution in [0.5, 0.6) is 0 Å². The first-order valence-electron chi connectivity index (χ1n) is 31.6. The molecule has 4 aliphatic heterocycles. The highest BCUT2D eigenvalue weighted by molar-refractivity contribution is 14.1. The normalized spacial score (nSPS) is 30.0. The summed E-state index contributed by atoms with van der Waals surface area (Å²) in [6.45, 7) is 71.7. The molecular weight excluding hydrogens is 1360 g/mol. The van der Waals surface area contributed by atoms with Gasteiger partial charge in [-0.05, 0) is 168 Å². The Kier molecular flexibility index (Phi) is 27.8. The van der Waals surface area contributed by atoms with E-state index in [2.05, 4.69) is 276 Å². The van der Waals surface area contributed by atoms with Gasteiger partial charge in [0.2, 0.25) is 0 Å². The number of aliphatic hydroxyl groups is 1. The molecule has 82 heavy (non-hydrogen) atoms. The van der Waals surface area contributed by atoms with Crippen LogP contribution in [-0.4, -0.2) is 147 Å². The molecule has 2 unspecified atom stereocenters. The third-order valence-electron chi connectivity index (χ3n) is 21.2. The number of ether oxygens (including phenoxy) is 4. The molecule has 19 heteroatoms. The van der Waals surface area contributed by atoms with Crippen molar-refractivity contribution in [2.45, 2.75) is 371 Å². The Bertz CT molecular complexity index is 1890. The van der Waals surface area contributed by atoms with E-state index in [4.69, 9.17) is 45.5 Å². The zero-order chi connectivity index (χ0) is 63.6. The predicted molar refractivity (Wildman–Crippen MR) is 378 cm³/mol. The van der Waals surface area contributed by atoms with Gasteiger partial charge >= 0.3 is 0 Å². The van der Waals surface area contributed by atoms with Crippen LogP contribution in [-0.2, 0) is 45.5 Å². The number of aliphatic hydroxyl groups excluding tert-OH is 1. The van der Waals surface area contributed by atoms with E-state index in [1.807, 2.05) is 0 Å². The Morgan fingerprint density at radius 3 is 0.927 bits per heavy atom. The summed E-state index contributed by atoms with van der Waals surface area (Å²) in [6.07, 6.45) is 8.42. The lowest BCUT2D eigenvalue weighted by Gasteiger charge is -2.56. The second kappa shape index (κ2) is 29.2. The SMILES string of the molecule is CC(C)(C)[Si](C)(C)O[C@H]1[C@H]2O[C@@H](CCO)CC[C@@H]2OC([C@H](/C=C/I)O[Si](C)(C)C(C)(C)C)[C@H]1O[Si](C)(C)C(C)(C)C.CCC[C@H]1CC[C@@H]2OC([C@H](/C=C/I)O[Si](C)(C)C(C)(C)C)[C@@H](O[Si](C)(C)C(C)(C)C)[C@@H](O[Si](C)(C)C(C)(C)C)[C@H]2O1. The van der Waals surface area contributed by atoms with Crippen LogP contribution >= 0.6 is 45.2 Å². The average molecular weight is 1480 g/mol. The summed E-state index contributed by atoms with van der Waals surface area (Å²) >= 11 is 4.63. The van der Waals surface area contributed by atoms with Gasteiger partial charge in [-0.15, -0.1) is 0 Å². The third kappa shape index (κ3) is 19.9. The summed E-state index contributed by atoms with van der Waals surface area (Å²) < 4.78 is 76.0. The molecule has 0 aromatic rings. The highest BCUT2D eigenvalue weighted by atomic mass is 127. The first-order valence-corrected chi connectivity index (χ1v) is 51.5. The molecule has 11 nitrogen and oxygen atoms in total. The Labute approximate surface area is 538 Å². The largest absolute Gasteiger partial charge is 0.408 e. The summed E-state index contributed by atoms with van der Waals surface area (Å²) in [4.78, 5) is 0. The van der Waals surface area contributed by atoms with E-state index in [-0.39, 0.29) is 122 Å². The molecule has 4 aliphatic rings. The Morgan fingerprint density at radius 2 is 0.683 bits per heavy atom. The smallest absolute Gasteiger partial charge is 0.193 e. The second-order valence-corrected chi connectivity index (χ2v) is 63.8. The van der Waals surface area contributed by atoms with Gasteiger partial charge in [0, 0.05) is 6.61 Å². The second-order valence-electron chi connectivity index (χ2n) is 33.9. The molecule has 0 saturated carbocycles. The minimum absolute atomic E-state index is 0.00560. The molecule has 0 radical (unpaired) electrons. The number of fused-ring (bicyclic) bond motifs is 2. The monoisotopic (exact) mass is 1480 g/mol. The van der Waals surface area contributed by atoms with Crippen molar-refractivity contribution in [3.8, 4) is 0 Å². The number of halogens is 2. The van der Waals surface area contributed by atoms with Gasteiger partial charge in [0.05, 0.1) is 36.6 Å². The summed E-state index contributed by atoms with van der Waals surface area (Å²) in [7, 11) is -13.2. The summed E-state index contributed by atoms with van der Waals surface area (Å²) in [6, 6.07) is 0. The molecule has 1 N–H and O–H groups in total. The minimum atomic E-state index is -2.26. The van der Waals surface area contributed by atoms with Crippen molar-refractivity contribution < 1.29 is 50.6 Å². The number of rotatable bonds is 20. The molecule has 4 heterocycles. The molecular formula is C63H128I2O11Si6. The molecule has 0 aromatic carbocycles. The quantitative estimate of drug-likeness (QED) is 0.0929. The zero-order valence-corrected chi connectivity index (χ0v) is 68.6. The average Bonchev–Trinajstić information content (AvgIpc) is 3.28. The van der Waals surface area contributed by atoms with E-state index in [1.54, 1.807) is 0 Å². The van der Waals surface area contributed by atoms with Gasteiger partial charge < -0.3 is 50.6 Å². The van der Waals surface area contributed by atoms with E-state index in [0.717, 1.165) is 38.5 Å².